The van der Waals surface area contributed by atoms with Crippen molar-refractivity contribution in [1.82, 2.24) is 4.98 Å². The molecule has 0 bridgehead atoms. The van der Waals surface area contributed by atoms with Crippen LogP contribution in [0.25, 0.3) is 11.1 Å². The zero-order valence-corrected chi connectivity index (χ0v) is 8.29. The van der Waals surface area contributed by atoms with E-state index in [-0.39, 0.29) is 0 Å². The van der Waals surface area contributed by atoms with Gasteiger partial charge in [-0.15, -0.1) is 11.3 Å². The lowest BCUT2D eigenvalue weighted by Crippen LogP contribution is -1.75. The molecule has 0 saturated heterocycles. The van der Waals surface area contributed by atoms with Crippen molar-refractivity contribution >= 4 is 11.3 Å². The highest BCUT2D eigenvalue weighted by atomic mass is 32.1. The SMILES string of the molecule is N#CCc1cc(-c2ccncc2)cs1. The van der Waals surface area contributed by atoms with E-state index in [9.17, 15) is 0 Å². The molecule has 0 aromatic carbocycles. The molecule has 0 unspecified atom stereocenters. The molecule has 2 nitrogen and oxygen atoms in total. The predicted octanol–water partition coefficient (Wildman–Crippen LogP) is 2.88. The van der Waals surface area contributed by atoms with Crippen molar-refractivity contribution in [2.24, 2.45) is 0 Å². The van der Waals surface area contributed by atoms with E-state index in [1.165, 1.54) is 5.56 Å². The highest BCUT2D eigenvalue weighted by Gasteiger charge is 2.01. The average molecular weight is 200 g/mol. The summed E-state index contributed by atoms with van der Waals surface area (Å²) in [6.07, 6.45) is 4.05. The normalized spacial score (nSPS) is 9.64. The van der Waals surface area contributed by atoms with Gasteiger partial charge in [-0.05, 0) is 34.7 Å². The molecule has 0 aliphatic rings. The van der Waals surface area contributed by atoms with Crippen molar-refractivity contribution < 1.29 is 0 Å². The molecule has 0 radical (unpaired) electrons. The Kier molecular flexibility index (Phi) is 2.57. The maximum absolute atomic E-state index is 8.55. The Hall–Kier alpha value is -1.66. The molecule has 3 heteroatoms. The molecule has 2 aromatic rings. The van der Waals surface area contributed by atoms with Crippen LogP contribution in [0.2, 0.25) is 0 Å². The van der Waals surface area contributed by atoms with Gasteiger partial charge in [0.05, 0.1) is 12.5 Å². The molecule has 0 atom stereocenters. The van der Waals surface area contributed by atoms with E-state index in [0.29, 0.717) is 6.42 Å². The third kappa shape index (κ3) is 1.81. The standard InChI is InChI=1S/C11H8N2S/c12-4-1-11-7-10(8-14-11)9-2-5-13-6-3-9/h2-3,5-8H,1H2. The molecule has 0 saturated carbocycles. The summed E-state index contributed by atoms with van der Waals surface area (Å²) < 4.78 is 0. The van der Waals surface area contributed by atoms with Gasteiger partial charge < -0.3 is 0 Å². The van der Waals surface area contributed by atoms with Crippen molar-refractivity contribution in [2.75, 3.05) is 0 Å². The Morgan fingerprint density at radius 3 is 2.79 bits per heavy atom. The minimum absolute atomic E-state index is 0.496. The fourth-order valence-corrected chi connectivity index (χ4v) is 2.07. The summed E-state index contributed by atoms with van der Waals surface area (Å²) in [6.45, 7) is 0. The molecular weight excluding hydrogens is 192 g/mol. The number of aromatic nitrogens is 1. The van der Waals surface area contributed by atoms with Crippen LogP contribution in [0, 0.1) is 11.3 Å². The van der Waals surface area contributed by atoms with Crippen LogP contribution in [0.5, 0.6) is 0 Å². The van der Waals surface area contributed by atoms with Crippen LogP contribution in [-0.2, 0) is 6.42 Å². The van der Waals surface area contributed by atoms with E-state index >= 15 is 0 Å². The average Bonchev–Trinajstić information content (AvgIpc) is 2.68. The van der Waals surface area contributed by atoms with Crippen LogP contribution in [0.3, 0.4) is 0 Å². The second kappa shape index (κ2) is 4.03. The van der Waals surface area contributed by atoms with Crippen molar-refractivity contribution in [3.63, 3.8) is 0 Å². The van der Waals surface area contributed by atoms with E-state index in [1.54, 1.807) is 23.7 Å². The summed E-state index contributed by atoms with van der Waals surface area (Å²) in [7, 11) is 0. The quantitative estimate of drug-likeness (QED) is 0.747. The first-order chi connectivity index (χ1) is 6.90. The fourth-order valence-electron chi connectivity index (χ4n) is 1.25. The molecule has 2 heterocycles. The zero-order valence-electron chi connectivity index (χ0n) is 7.47. The van der Waals surface area contributed by atoms with Crippen LogP contribution < -0.4 is 0 Å². The van der Waals surface area contributed by atoms with Gasteiger partial charge in [0.25, 0.3) is 0 Å². The Morgan fingerprint density at radius 1 is 1.29 bits per heavy atom. The van der Waals surface area contributed by atoms with Gasteiger partial charge in [0, 0.05) is 17.3 Å². The van der Waals surface area contributed by atoms with E-state index in [0.717, 1.165) is 10.4 Å². The third-order valence-electron chi connectivity index (χ3n) is 1.92. The van der Waals surface area contributed by atoms with Gasteiger partial charge in [-0.2, -0.15) is 5.26 Å². The molecule has 2 rings (SSSR count). The minimum Gasteiger partial charge on any atom is -0.265 e. The lowest BCUT2D eigenvalue weighted by molar-refractivity contribution is 1.31. The van der Waals surface area contributed by atoms with Gasteiger partial charge in [-0.3, -0.25) is 4.98 Å². The second-order valence-electron chi connectivity index (χ2n) is 2.87. The summed E-state index contributed by atoms with van der Waals surface area (Å²) in [6, 6.07) is 8.15. The molecule has 14 heavy (non-hydrogen) atoms. The van der Waals surface area contributed by atoms with Gasteiger partial charge in [0.1, 0.15) is 0 Å². The summed E-state index contributed by atoms with van der Waals surface area (Å²) in [5.74, 6) is 0. The van der Waals surface area contributed by atoms with Gasteiger partial charge in [0.2, 0.25) is 0 Å². The predicted molar refractivity (Wildman–Crippen MR) is 56.9 cm³/mol. The fraction of sp³-hybridized carbons (Fsp3) is 0.0909. The maximum atomic E-state index is 8.55. The first-order valence-electron chi connectivity index (χ1n) is 4.25. The number of nitrogens with zero attached hydrogens (tertiary/aromatic N) is 2. The van der Waals surface area contributed by atoms with E-state index in [1.807, 2.05) is 12.1 Å². The monoisotopic (exact) mass is 200 g/mol. The summed E-state index contributed by atoms with van der Waals surface area (Å²) >= 11 is 1.63. The highest BCUT2D eigenvalue weighted by Crippen LogP contribution is 2.24. The highest BCUT2D eigenvalue weighted by molar-refractivity contribution is 7.10. The first kappa shape index (κ1) is 8.92. The lowest BCUT2D eigenvalue weighted by atomic mass is 10.1. The number of rotatable bonds is 2. The van der Waals surface area contributed by atoms with E-state index < -0.39 is 0 Å². The van der Waals surface area contributed by atoms with Crippen molar-refractivity contribution in [2.45, 2.75) is 6.42 Å². The lowest BCUT2D eigenvalue weighted by Gasteiger charge is -1.93. The molecule has 0 N–H and O–H groups in total. The van der Waals surface area contributed by atoms with Crippen LogP contribution >= 0.6 is 11.3 Å². The number of hydrogen-bond acceptors (Lipinski definition) is 3. The van der Waals surface area contributed by atoms with Crippen molar-refractivity contribution in [1.29, 1.82) is 5.26 Å². The zero-order chi connectivity index (χ0) is 9.80. The largest absolute Gasteiger partial charge is 0.265 e. The van der Waals surface area contributed by atoms with Gasteiger partial charge in [-0.25, -0.2) is 0 Å². The molecular formula is C11H8N2S. The second-order valence-corrected chi connectivity index (χ2v) is 3.87. The van der Waals surface area contributed by atoms with Crippen LogP contribution in [0.1, 0.15) is 4.88 Å². The molecule has 0 aliphatic carbocycles. The molecule has 2 aromatic heterocycles. The Balaban J connectivity index is 2.31. The number of pyridine rings is 1. The Bertz CT molecular complexity index is 454. The Labute approximate surface area is 86.5 Å². The first-order valence-corrected chi connectivity index (χ1v) is 5.13. The van der Waals surface area contributed by atoms with Crippen molar-refractivity contribution in [3.8, 4) is 17.2 Å². The van der Waals surface area contributed by atoms with Crippen LogP contribution in [0.15, 0.2) is 36.0 Å². The van der Waals surface area contributed by atoms with Crippen LogP contribution in [0.4, 0.5) is 0 Å². The van der Waals surface area contributed by atoms with Gasteiger partial charge in [0.15, 0.2) is 0 Å². The number of nitriles is 1. The minimum atomic E-state index is 0.496. The molecule has 68 valence electrons. The summed E-state index contributed by atoms with van der Waals surface area (Å²) in [4.78, 5) is 5.08. The molecule has 0 aliphatic heterocycles. The maximum Gasteiger partial charge on any atom is 0.0695 e. The van der Waals surface area contributed by atoms with Gasteiger partial charge >= 0.3 is 0 Å². The smallest absolute Gasteiger partial charge is 0.0695 e. The van der Waals surface area contributed by atoms with E-state index in [2.05, 4.69) is 22.5 Å². The van der Waals surface area contributed by atoms with E-state index in [4.69, 9.17) is 5.26 Å². The molecule has 0 amide bonds. The third-order valence-corrected chi connectivity index (χ3v) is 2.86. The van der Waals surface area contributed by atoms with Gasteiger partial charge in [-0.1, -0.05) is 0 Å². The summed E-state index contributed by atoms with van der Waals surface area (Å²) in [5.41, 5.74) is 2.32. The topological polar surface area (TPSA) is 36.7 Å². The number of hydrogen-bond donors (Lipinski definition) is 0. The molecule has 0 fully saturated rings. The number of thiophene rings is 1. The summed E-state index contributed by atoms with van der Waals surface area (Å²) in [5, 5.41) is 10.6. The van der Waals surface area contributed by atoms with Crippen molar-refractivity contribution in [3.05, 3.63) is 40.8 Å². The molecule has 0 spiro atoms. The van der Waals surface area contributed by atoms with Crippen LogP contribution in [-0.4, -0.2) is 4.98 Å². The Morgan fingerprint density at radius 2 is 2.07 bits per heavy atom.